The average molecular weight is 241 g/mol. The van der Waals surface area contributed by atoms with Gasteiger partial charge in [-0.25, -0.2) is 0 Å². The smallest absolute Gasteiger partial charge is 0.172 e. The Labute approximate surface area is 103 Å². The summed E-state index contributed by atoms with van der Waals surface area (Å²) < 4.78 is 5.73. The first kappa shape index (κ1) is 15.7. The van der Waals surface area contributed by atoms with Gasteiger partial charge in [0.05, 0.1) is 6.07 Å². The molecule has 0 saturated carbocycles. The molecule has 1 unspecified atom stereocenters. The topological polar surface area (TPSA) is 33.0 Å². The first-order chi connectivity index (χ1) is 7.06. The zero-order chi connectivity index (χ0) is 13.0. The fourth-order valence-corrected chi connectivity index (χ4v) is 3.28. The molecule has 0 radical (unpaired) electrons. The van der Waals surface area contributed by atoms with Crippen LogP contribution in [0, 0.1) is 22.2 Å². The van der Waals surface area contributed by atoms with Crippen LogP contribution in [0.5, 0.6) is 0 Å². The lowest BCUT2D eigenvalue weighted by Gasteiger charge is -2.34. The van der Waals surface area contributed by atoms with Crippen molar-refractivity contribution in [3.05, 3.63) is 0 Å². The second kappa shape index (κ2) is 5.84. The van der Waals surface area contributed by atoms with E-state index < -0.39 is 9.04 Å². The van der Waals surface area contributed by atoms with Crippen LogP contribution in [0.1, 0.15) is 47.5 Å². The quantitative estimate of drug-likeness (QED) is 0.687. The van der Waals surface area contributed by atoms with Crippen LogP contribution in [0.2, 0.25) is 13.1 Å². The molecule has 0 amide bonds. The second-order valence-corrected chi connectivity index (χ2v) is 9.28. The highest BCUT2D eigenvalue weighted by Crippen LogP contribution is 2.37. The van der Waals surface area contributed by atoms with Gasteiger partial charge in [0.2, 0.25) is 0 Å². The highest BCUT2D eigenvalue weighted by atomic mass is 28.3. The lowest BCUT2D eigenvalue weighted by molar-refractivity contribution is 0.135. The molecule has 0 aromatic heterocycles. The van der Waals surface area contributed by atoms with Crippen molar-refractivity contribution in [2.45, 2.75) is 66.7 Å². The van der Waals surface area contributed by atoms with E-state index in [0.717, 1.165) is 12.8 Å². The number of nitrogens with zero attached hydrogens (tertiary/aromatic N) is 1. The molecule has 2 nitrogen and oxygen atoms in total. The van der Waals surface area contributed by atoms with Crippen LogP contribution in [0.4, 0.5) is 0 Å². The van der Waals surface area contributed by atoms with Gasteiger partial charge in [-0.2, -0.15) is 5.26 Å². The van der Waals surface area contributed by atoms with Crippen molar-refractivity contribution >= 4 is 9.04 Å². The molecule has 0 rings (SSSR count). The molecule has 0 aliphatic rings. The summed E-state index contributed by atoms with van der Waals surface area (Å²) in [5, 5.41) is 9.08. The summed E-state index contributed by atoms with van der Waals surface area (Å²) >= 11 is 0. The van der Waals surface area contributed by atoms with E-state index in [0.29, 0.717) is 5.41 Å². The van der Waals surface area contributed by atoms with Crippen molar-refractivity contribution in [1.29, 1.82) is 5.26 Å². The molecule has 1 atom stereocenters. The molecule has 0 saturated heterocycles. The lowest BCUT2D eigenvalue weighted by Crippen LogP contribution is -2.29. The maximum Gasteiger partial charge on any atom is 0.172 e. The van der Waals surface area contributed by atoms with E-state index in [9.17, 15) is 0 Å². The van der Waals surface area contributed by atoms with Gasteiger partial charge in [-0.15, -0.1) is 0 Å². The van der Waals surface area contributed by atoms with Crippen molar-refractivity contribution in [3.63, 3.8) is 0 Å². The van der Waals surface area contributed by atoms with Crippen LogP contribution >= 0.6 is 0 Å². The van der Waals surface area contributed by atoms with Crippen LogP contribution in [0.25, 0.3) is 0 Å². The summed E-state index contributed by atoms with van der Waals surface area (Å²) in [5.74, 6) is 0. The Kier molecular flexibility index (Phi) is 5.71. The minimum absolute atomic E-state index is 0.169. The van der Waals surface area contributed by atoms with E-state index in [4.69, 9.17) is 9.69 Å². The Morgan fingerprint density at radius 1 is 1.19 bits per heavy atom. The van der Waals surface area contributed by atoms with E-state index in [1.165, 1.54) is 0 Å². The van der Waals surface area contributed by atoms with Crippen molar-refractivity contribution in [3.8, 4) is 6.07 Å². The zero-order valence-corrected chi connectivity index (χ0v) is 13.1. The molecule has 0 fully saturated rings. The largest absolute Gasteiger partial charge is 0.405 e. The first-order valence-corrected chi connectivity index (χ1v) is 8.89. The Bertz CT molecular complexity index is 248. The standard InChI is InChI=1S/C13H27NOSi/c1-12(2,3)10-13(4,5)8-11(9-14)15-16(6)7/h11,16H,8,10H2,1-7H3. The summed E-state index contributed by atoms with van der Waals surface area (Å²) in [6, 6.07) is 2.29. The van der Waals surface area contributed by atoms with Crippen LogP contribution in [0.15, 0.2) is 0 Å². The predicted octanol–water partition coefficient (Wildman–Crippen LogP) is 3.73. The Morgan fingerprint density at radius 3 is 2.00 bits per heavy atom. The maximum atomic E-state index is 9.08. The number of hydrogen-bond donors (Lipinski definition) is 0. The van der Waals surface area contributed by atoms with Gasteiger partial charge < -0.3 is 4.43 Å². The van der Waals surface area contributed by atoms with Crippen molar-refractivity contribution in [2.75, 3.05) is 0 Å². The van der Waals surface area contributed by atoms with Crippen molar-refractivity contribution < 1.29 is 4.43 Å². The lowest BCUT2D eigenvalue weighted by atomic mass is 9.73. The van der Waals surface area contributed by atoms with E-state index in [1.807, 2.05) is 0 Å². The second-order valence-electron chi connectivity index (χ2n) is 6.91. The van der Waals surface area contributed by atoms with Gasteiger partial charge >= 0.3 is 0 Å². The molecule has 0 aromatic rings. The zero-order valence-electron chi connectivity index (χ0n) is 11.9. The molecule has 0 spiro atoms. The minimum Gasteiger partial charge on any atom is -0.405 e. The van der Waals surface area contributed by atoms with Gasteiger partial charge in [-0.05, 0) is 36.8 Å². The van der Waals surface area contributed by atoms with Crippen molar-refractivity contribution in [2.24, 2.45) is 10.8 Å². The minimum atomic E-state index is -1.11. The third kappa shape index (κ3) is 7.89. The summed E-state index contributed by atoms with van der Waals surface area (Å²) in [4.78, 5) is 0. The molecule has 0 N–H and O–H groups in total. The molecule has 0 bridgehead atoms. The molecule has 0 aliphatic heterocycles. The maximum absolute atomic E-state index is 9.08. The molecule has 3 heteroatoms. The van der Waals surface area contributed by atoms with E-state index in [2.05, 4.69) is 53.8 Å². The van der Waals surface area contributed by atoms with Gasteiger partial charge in [0, 0.05) is 0 Å². The molecular formula is C13H27NOSi. The van der Waals surface area contributed by atoms with Crippen LogP contribution < -0.4 is 0 Å². The van der Waals surface area contributed by atoms with Crippen molar-refractivity contribution in [1.82, 2.24) is 0 Å². The third-order valence-corrected chi connectivity index (χ3v) is 3.20. The average Bonchev–Trinajstić information content (AvgIpc) is 1.96. The molecule has 16 heavy (non-hydrogen) atoms. The van der Waals surface area contributed by atoms with Gasteiger partial charge in [0.25, 0.3) is 0 Å². The van der Waals surface area contributed by atoms with Gasteiger partial charge in [0.15, 0.2) is 9.04 Å². The fourth-order valence-electron chi connectivity index (χ4n) is 2.46. The third-order valence-electron chi connectivity index (χ3n) is 2.33. The van der Waals surface area contributed by atoms with Crippen LogP contribution in [-0.4, -0.2) is 15.1 Å². The van der Waals surface area contributed by atoms with Crippen LogP contribution in [-0.2, 0) is 4.43 Å². The molecule has 94 valence electrons. The summed E-state index contributed by atoms with van der Waals surface area (Å²) in [7, 11) is -1.11. The number of rotatable bonds is 5. The summed E-state index contributed by atoms with van der Waals surface area (Å²) in [6.45, 7) is 15.4. The Hall–Kier alpha value is -0.333. The van der Waals surface area contributed by atoms with Gasteiger partial charge in [-0.1, -0.05) is 34.6 Å². The van der Waals surface area contributed by atoms with Gasteiger partial charge in [-0.3, -0.25) is 0 Å². The highest BCUT2D eigenvalue weighted by Gasteiger charge is 2.29. The first-order valence-electron chi connectivity index (χ1n) is 6.11. The monoisotopic (exact) mass is 241 g/mol. The Balaban J connectivity index is 4.38. The Morgan fingerprint density at radius 2 is 1.69 bits per heavy atom. The molecule has 0 aromatic carbocycles. The predicted molar refractivity (Wildman–Crippen MR) is 71.8 cm³/mol. The molecular weight excluding hydrogens is 214 g/mol. The van der Waals surface area contributed by atoms with E-state index >= 15 is 0 Å². The SMILES string of the molecule is C[SiH](C)OC(C#N)CC(C)(C)CC(C)(C)C. The van der Waals surface area contributed by atoms with Gasteiger partial charge in [0.1, 0.15) is 6.10 Å². The van der Waals surface area contributed by atoms with Crippen LogP contribution in [0.3, 0.4) is 0 Å². The normalized spacial score (nSPS) is 14.9. The highest BCUT2D eigenvalue weighted by molar-refractivity contribution is 6.48. The summed E-state index contributed by atoms with van der Waals surface area (Å²) in [5.41, 5.74) is 0.473. The van der Waals surface area contributed by atoms with E-state index in [-0.39, 0.29) is 11.5 Å². The summed E-state index contributed by atoms with van der Waals surface area (Å²) in [6.07, 6.45) is 1.73. The molecule has 0 aliphatic carbocycles. The number of nitriles is 1. The fraction of sp³-hybridized carbons (Fsp3) is 0.923. The van der Waals surface area contributed by atoms with E-state index in [1.54, 1.807) is 0 Å². The molecule has 0 heterocycles. The number of hydrogen-bond acceptors (Lipinski definition) is 2.